The van der Waals surface area contributed by atoms with Crippen LogP contribution in [-0.4, -0.2) is 23.0 Å². The van der Waals surface area contributed by atoms with Gasteiger partial charge < -0.3 is 9.72 Å². The number of hydrogen-bond acceptors (Lipinski definition) is 3. The summed E-state index contributed by atoms with van der Waals surface area (Å²) in [5.41, 5.74) is 2.47. The van der Waals surface area contributed by atoms with Gasteiger partial charge in [0.15, 0.2) is 0 Å². The average Bonchev–Trinajstić information content (AvgIpc) is 2.62. The first kappa shape index (κ1) is 8.74. The van der Waals surface area contributed by atoms with Gasteiger partial charge in [0.05, 0.1) is 18.2 Å². The molecule has 0 aromatic carbocycles. The third-order valence-electron chi connectivity index (χ3n) is 2.19. The van der Waals surface area contributed by atoms with Crippen molar-refractivity contribution in [1.82, 2.24) is 9.97 Å². The van der Waals surface area contributed by atoms with Crippen LogP contribution in [0.1, 0.15) is 15.9 Å². The van der Waals surface area contributed by atoms with Gasteiger partial charge in [-0.05, 0) is 12.5 Å². The van der Waals surface area contributed by atoms with E-state index in [2.05, 4.69) is 14.7 Å². The zero-order chi connectivity index (χ0) is 10.1. The van der Waals surface area contributed by atoms with Crippen molar-refractivity contribution >= 4 is 16.9 Å². The zero-order valence-corrected chi connectivity index (χ0v) is 8.00. The van der Waals surface area contributed by atoms with E-state index in [-0.39, 0.29) is 5.97 Å². The van der Waals surface area contributed by atoms with Crippen molar-refractivity contribution in [2.75, 3.05) is 7.11 Å². The smallest absolute Gasteiger partial charge is 0.340 e. The molecule has 0 aliphatic carbocycles. The fourth-order valence-corrected chi connectivity index (χ4v) is 1.46. The Bertz CT molecular complexity index is 488. The second-order valence-electron chi connectivity index (χ2n) is 3.07. The lowest BCUT2D eigenvalue weighted by Gasteiger charge is -1.97. The second-order valence-corrected chi connectivity index (χ2v) is 3.07. The highest BCUT2D eigenvalue weighted by atomic mass is 16.5. The van der Waals surface area contributed by atoms with Crippen LogP contribution in [0.2, 0.25) is 0 Å². The van der Waals surface area contributed by atoms with Gasteiger partial charge in [0.2, 0.25) is 0 Å². The number of fused-ring (bicyclic) bond motifs is 1. The third-order valence-corrected chi connectivity index (χ3v) is 2.19. The van der Waals surface area contributed by atoms with Gasteiger partial charge in [-0.25, -0.2) is 4.79 Å². The van der Waals surface area contributed by atoms with Crippen molar-refractivity contribution in [3.05, 3.63) is 29.7 Å². The fraction of sp³-hybridized carbons (Fsp3) is 0.200. The lowest BCUT2D eigenvalue weighted by Crippen LogP contribution is -1.99. The quantitative estimate of drug-likeness (QED) is 0.696. The molecule has 2 aromatic heterocycles. The largest absolute Gasteiger partial charge is 0.465 e. The van der Waals surface area contributed by atoms with Crippen LogP contribution in [0, 0.1) is 6.92 Å². The molecule has 4 nitrogen and oxygen atoms in total. The predicted octanol–water partition coefficient (Wildman–Crippen LogP) is 1.66. The first-order valence-electron chi connectivity index (χ1n) is 4.24. The van der Waals surface area contributed by atoms with Gasteiger partial charge in [-0.2, -0.15) is 0 Å². The molecule has 0 radical (unpaired) electrons. The molecule has 72 valence electrons. The highest BCUT2D eigenvalue weighted by Crippen LogP contribution is 2.20. The van der Waals surface area contributed by atoms with E-state index in [1.807, 2.05) is 6.92 Å². The van der Waals surface area contributed by atoms with Crippen molar-refractivity contribution in [2.24, 2.45) is 0 Å². The second kappa shape index (κ2) is 3.14. The Morgan fingerprint density at radius 3 is 3.00 bits per heavy atom. The maximum Gasteiger partial charge on any atom is 0.340 e. The summed E-state index contributed by atoms with van der Waals surface area (Å²) >= 11 is 0. The Labute approximate surface area is 80.9 Å². The minimum Gasteiger partial charge on any atom is -0.465 e. The van der Waals surface area contributed by atoms with E-state index in [0.717, 1.165) is 16.5 Å². The number of aryl methyl sites for hydroxylation is 1. The van der Waals surface area contributed by atoms with Crippen LogP contribution in [0.4, 0.5) is 0 Å². The van der Waals surface area contributed by atoms with Crippen molar-refractivity contribution in [3.63, 3.8) is 0 Å². The average molecular weight is 190 g/mol. The summed E-state index contributed by atoms with van der Waals surface area (Å²) in [6.07, 6.45) is 5.05. The Balaban J connectivity index is 2.70. The highest BCUT2D eigenvalue weighted by molar-refractivity contribution is 6.04. The molecule has 0 fully saturated rings. The number of esters is 1. The van der Waals surface area contributed by atoms with Gasteiger partial charge in [0.1, 0.15) is 0 Å². The fourth-order valence-electron chi connectivity index (χ4n) is 1.46. The summed E-state index contributed by atoms with van der Waals surface area (Å²) in [6.45, 7) is 1.94. The SMILES string of the molecule is COC(=O)c1c[nH]c2c(C)cncc12. The molecule has 4 heteroatoms. The first-order valence-corrected chi connectivity index (χ1v) is 4.24. The lowest BCUT2D eigenvalue weighted by atomic mass is 10.2. The van der Waals surface area contributed by atoms with E-state index in [1.165, 1.54) is 7.11 Å². The van der Waals surface area contributed by atoms with E-state index in [0.29, 0.717) is 5.56 Å². The number of nitrogens with one attached hydrogen (secondary N) is 1. The normalized spacial score (nSPS) is 10.4. The van der Waals surface area contributed by atoms with Gasteiger partial charge in [-0.1, -0.05) is 0 Å². The van der Waals surface area contributed by atoms with E-state index in [9.17, 15) is 4.79 Å². The number of aromatic amines is 1. The summed E-state index contributed by atoms with van der Waals surface area (Å²) in [5.74, 6) is -0.344. The monoisotopic (exact) mass is 190 g/mol. The van der Waals surface area contributed by atoms with E-state index < -0.39 is 0 Å². The van der Waals surface area contributed by atoms with Gasteiger partial charge in [0, 0.05) is 24.0 Å². The number of H-pyrrole nitrogens is 1. The molecule has 0 bridgehead atoms. The van der Waals surface area contributed by atoms with Crippen LogP contribution in [0.3, 0.4) is 0 Å². The van der Waals surface area contributed by atoms with Crippen molar-refractivity contribution < 1.29 is 9.53 Å². The first-order chi connectivity index (χ1) is 6.74. The number of rotatable bonds is 1. The summed E-state index contributed by atoms with van der Waals surface area (Å²) in [6, 6.07) is 0. The summed E-state index contributed by atoms with van der Waals surface area (Å²) in [4.78, 5) is 18.4. The van der Waals surface area contributed by atoms with E-state index in [1.54, 1.807) is 18.6 Å². The number of methoxy groups -OCH3 is 1. The molecular formula is C10H10N2O2. The Hall–Kier alpha value is -1.84. The maximum absolute atomic E-state index is 11.3. The van der Waals surface area contributed by atoms with Crippen molar-refractivity contribution in [3.8, 4) is 0 Å². The molecule has 0 saturated heterocycles. The summed E-state index contributed by atoms with van der Waals surface area (Å²) in [7, 11) is 1.37. The Morgan fingerprint density at radius 1 is 1.50 bits per heavy atom. The predicted molar refractivity (Wildman–Crippen MR) is 52.2 cm³/mol. The van der Waals surface area contributed by atoms with Crippen molar-refractivity contribution in [1.29, 1.82) is 0 Å². The molecule has 2 aromatic rings. The summed E-state index contributed by atoms with van der Waals surface area (Å²) in [5, 5.41) is 0.803. The van der Waals surface area contributed by atoms with Crippen LogP contribution in [0.15, 0.2) is 18.6 Å². The number of pyridine rings is 1. The molecule has 0 unspecified atom stereocenters. The summed E-state index contributed by atoms with van der Waals surface area (Å²) < 4.78 is 4.66. The highest BCUT2D eigenvalue weighted by Gasteiger charge is 2.12. The van der Waals surface area contributed by atoms with Gasteiger partial charge in [-0.15, -0.1) is 0 Å². The number of nitrogens with zero attached hydrogens (tertiary/aromatic N) is 1. The Kier molecular flexibility index (Phi) is 1.96. The lowest BCUT2D eigenvalue weighted by molar-refractivity contribution is 0.0603. The number of hydrogen-bond donors (Lipinski definition) is 1. The number of carbonyl (C=O) groups excluding carboxylic acids is 1. The minimum absolute atomic E-state index is 0.344. The molecule has 0 aliphatic heterocycles. The Morgan fingerprint density at radius 2 is 2.29 bits per heavy atom. The zero-order valence-electron chi connectivity index (χ0n) is 8.00. The molecule has 0 saturated carbocycles. The molecule has 0 atom stereocenters. The molecule has 1 N–H and O–H groups in total. The standard InChI is InChI=1S/C10H10N2O2/c1-6-3-11-4-7-8(10(13)14-2)5-12-9(6)7/h3-5,12H,1-2H3. The van der Waals surface area contributed by atoms with Crippen molar-refractivity contribution in [2.45, 2.75) is 6.92 Å². The number of aromatic nitrogens is 2. The van der Waals surface area contributed by atoms with Crippen LogP contribution < -0.4 is 0 Å². The molecule has 14 heavy (non-hydrogen) atoms. The number of ether oxygens (including phenoxy) is 1. The van der Waals surface area contributed by atoms with E-state index >= 15 is 0 Å². The van der Waals surface area contributed by atoms with Crippen LogP contribution in [-0.2, 0) is 4.74 Å². The van der Waals surface area contributed by atoms with Crippen LogP contribution >= 0.6 is 0 Å². The van der Waals surface area contributed by atoms with Crippen LogP contribution in [0.5, 0.6) is 0 Å². The topological polar surface area (TPSA) is 55.0 Å². The molecule has 0 amide bonds. The molecular weight excluding hydrogens is 180 g/mol. The molecule has 2 heterocycles. The van der Waals surface area contributed by atoms with Gasteiger partial charge >= 0.3 is 5.97 Å². The number of carbonyl (C=O) groups is 1. The molecule has 0 aliphatic rings. The van der Waals surface area contributed by atoms with E-state index in [4.69, 9.17) is 0 Å². The van der Waals surface area contributed by atoms with Crippen LogP contribution in [0.25, 0.3) is 10.9 Å². The molecule has 0 spiro atoms. The third kappa shape index (κ3) is 1.16. The van der Waals surface area contributed by atoms with Gasteiger partial charge in [0.25, 0.3) is 0 Å². The van der Waals surface area contributed by atoms with Gasteiger partial charge in [-0.3, -0.25) is 4.98 Å². The minimum atomic E-state index is -0.344. The molecule has 2 rings (SSSR count). The maximum atomic E-state index is 11.3.